The fourth-order valence-corrected chi connectivity index (χ4v) is 4.21. The van der Waals surface area contributed by atoms with Gasteiger partial charge in [0, 0.05) is 18.3 Å². The molecule has 1 saturated carbocycles. The highest BCUT2D eigenvalue weighted by molar-refractivity contribution is 7.19. The second-order valence-corrected chi connectivity index (χ2v) is 9.20. The first-order valence-corrected chi connectivity index (χ1v) is 12.7. The Kier molecular flexibility index (Phi) is 11.1. The molecule has 0 bridgehead atoms. The lowest BCUT2D eigenvalue weighted by Crippen LogP contribution is -2.04. The van der Waals surface area contributed by atoms with E-state index in [1.807, 2.05) is 25.0 Å². The quantitative estimate of drug-likeness (QED) is 0.186. The summed E-state index contributed by atoms with van der Waals surface area (Å²) in [7, 11) is 3.55. The molecule has 1 fully saturated rings. The summed E-state index contributed by atoms with van der Waals surface area (Å²) in [4.78, 5) is 5.00. The van der Waals surface area contributed by atoms with Crippen LogP contribution in [0, 0.1) is 5.92 Å². The first kappa shape index (κ1) is 26.2. The van der Waals surface area contributed by atoms with Crippen LogP contribution in [0.15, 0.2) is 64.7 Å². The molecule has 2 rings (SSSR count). The van der Waals surface area contributed by atoms with E-state index in [-0.39, 0.29) is 0 Å². The largest absolute Gasteiger partial charge is 0.326 e. The third-order valence-corrected chi connectivity index (χ3v) is 6.41. The zero-order valence-corrected chi connectivity index (χ0v) is 21.5. The molecule has 1 aromatic carbocycles. The Morgan fingerprint density at radius 3 is 2.59 bits per heavy atom. The van der Waals surface area contributed by atoms with E-state index in [0.29, 0.717) is 18.4 Å². The number of benzene rings is 1. The average Bonchev–Trinajstić information content (AvgIpc) is 3.63. The molecule has 0 aliphatic heterocycles. The molecule has 0 spiro atoms. The maximum absolute atomic E-state index is 5.90. The van der Waals surface area contributed by atoms with E-state index in [0.717, 1.165) is 24.1 Å². The molecule has 1 atom stereocenters. The predicted molar refractivity (Wildman–Crippen MR) is 147 cm³/mol. The zero-order valence-electron chi connectivity index (χ0n) is 20.5. The van der Waals surface area contributed by atoms with Crippen molar-refractivity contribution in [3.05, 3.63) is 76.4 Å². The monoisotopic (exact) mass is 448 g/mol. The van der Waals surface area contributed by atoms with Gasteiger partial charge in [-0.05, 0) is 72.5 Å². The van der Waals surface area contributed by atoms with Gasteiger partial charge in [-0.1, -0.05) is 82.2 Å². The van der Waals surface area contributed by atoms with Gasteiger partial charge in [0.05, 0.1) is 5.70 Å². The van der Waals surface area contributed by atoms with E-state index in [9.17, 15) is 0 Å². The second-order valence-electron chi connectivity index (χ2n) is 8.91. The maximum atomic E-state index is 5.90. The Hall–Kier alpha value is -2.02. The number of rotatable bonds is 13. The lowest BCUT2D eigenvalue weighted by atomic mass is 9.94. The SMILES string of the molecule is C=C(/C=C/C(CC)=C(/N=C\C(=C/C)CN)c1ccc(C=P)cc1C1CC1)CC(C)CCC. The molecule has 0 aromatic heterocycles. The first-order valence-electron chi connectivity index (χ1n) is 12.1. The molecule has 0 heterocycles. The van der Waals surface area contributed by atoms with Gasteiger partial charge in [0.25, 0.3) is 0 Å². The van der Waals surface area contributed by atoms with Crippen molar-refractivity contribution in [2.24, 2.45) is 16.6 Å². The van der Waals surface area contributed by atoms with Crippen LogP contribution in [0.1, 0.15) is 88.8 Å². The smallest absolute Gasteiger partial charge is 0.0736 e. The van der Waals surface area contributed by atoms with Gasteiger partial charge < -0.3 is 5.73 Å². The fourth-order valence-electron chi connectivity index (χ4n) is 4.03. The zero-order chi connectivity index (χ0) is 23.5. The number of hydrogen-bond donors (Lipinski definition) is 1. The normalized spacial score (nSPS) is 16.5. The molecule has 1 aliphatic carbocycles. The molecule has 2 N–H and O–H groups in total. The Morgan fingerprint density at radius 1 is 1.28 bits per heavy atom. The Labute approximate surface area is 198 Å². The van der Waals surface area contributed by atoms with E-state index >= 15 is 0 Å². The van der Waals surface area contributed by atoms with Crippen molar-refractivity contribution in [1.29, 1.82) is 0 Å². The van der Waals surface area contributed by atoms with Crippen molar-refractivity contribution in [2.75, 3.05) is 6.54 Å². The van der Waals surface area contributed by atoms with Crippen molar-refractivity contribution in [3.63, 3.8) is 0 Å². The predicted octanol–water partition coefficient (Wildman–Crippen LogP) is 7.89. The van der Waals surface area contributed by atoms with Crippen LogP contribution in [0.25, 0.3) is 5.70 Å². The summed E-state index contributed by atoms with van der Waals surface area (Å²) < 4.78 is 0. The number of hydrogen-bond acceptors (Lipinski definition) is 2. The average molecular weight is 449 g/mol. The molecule has 32 heavy (non-hydrogen) atoms. The van der Waals surface area contributed by atoms with Crippen molar-refractivity contribution >= 4 is 26.6 Å². The highest BCUT2D eigenvalue weighted by Gasteiger charge is 2.27. The standard InChI is InChI=1S/C29H41N2P/c1-6-9-21(4)16-22(5)10-12-25(8-3)29(31-19-23(7-2)18-30)27-15-11-24(20-32)17-28(27)26-13-14-26/h7,10-12,15,17,19-21,26,32H,5-6,8-9,13-14,16,18,30H2,1-4H3/b12-10+,23-7-,29-25+,31-19-. The van der Waals surface area contributed by atoms with E-state index < -0.39 is 0 Å². The molecule has 1 aromatic rings. The number of nitrogens with zero attached hydrogens (tertiary/aromatic N) is 1. The Bertz CT molecular complexity index is 913. The lowest BCUT2D eigenvalue weighted by molar-refractivity contribution is 0.525. The van der Waals surface area contributed by atoms with Gasteiger partial charge in [0.15, 0.2) is 0 Å². The minimum Gasteiger partial charge on any atom is -0.326 e. The van der Waals surface area contributed by atoms with E-state index in [1.165, 1.54) is 53.5 Å². The minimum atomic E-state index is 0.490. The van der Waals surface area contributed by atoms with Crippen molar-refractivity contribution in [2.45, 2.75) is 72.1 Å². The van der Waals surface area contributed by atoms with E-state index in [1.54, 1.807) is 0 Å². The summed E-state index contributed by atoms with van der Waals surface area (Å²) in [6.45, 7) is 13.6. The van der Waals surface area contributed by atoms with Crippen LogP contribution in [0.3, 0.4) is 0 Å². The van der Waals surface area contributed by atoms with Gasteiger partial charge in [-0.3, -0.25) is 4.99 Å². The summed E-state index contributed by atoms with van der Waals surface area (Å²) in [5, 5.41) is 0. The van der Waals surface area contributed by atoms with Crippen LogP contribution in [0.4, 0.5) is 0 Å². The molecule has 3 heteroatoms. The summed E-state index contributed by atoms with van der Waals surface area (Å²) in [6.07, 6.45) is 15.3. The van der Waals surface area contributed by atoms with Crippen molar-refractivity contribution in [3.8, 4) is 0 Å². The summed E-state index contributed by atoms with van der Waals surface area (Å²) in [5.74, 6) is 3.28. The number of allylic oxidation sites excluding steroid dienone is 5. The minimum absolute atomic E-state index is 0.490. The van der Waals surface area contributed by atoms with Crippen molar-refractivity contribution < 1.29 is 0 Å². The molecule has 2 nitrogen and oxygen atoms in total. The fraction of sp³-hybridized carbons (Fsp3) is 0.448. The molecular weight excluding hydrogens is 407 g/mol. The topological polar surface area (TPSA) is 38.4 Å². The molecule has 0 amide bonds. The van der Waals surface area contributed by atoms with Gasteiger partial charge in [0.1, 0.15) is 0 Å². The van der Waals surface area contributed by atoms with E-state index in [4.69, 9.17) is 10.7 Å². The van der Waals surface area contributed by atoms with Crippen LogP contribution in [-0.4, -0.2) is 18.6 Å². The van der Waals surface area contributed by atoms with Crippen molar-refractivity contribution in [1.82, 2.24) is 0 Å². The summed E-state index contributed by atoms with van der Waals surface area (Å²) >= 11 is 0. The van der Waals surface area contributed by atoms with Crippen LogP contribution >= 0.6 is 8.86 Å². The van der Waals surface area contributed by atoms with Crippen LogP contribution in [0.5, 0.6) is 0 Å². The molecule has 1 aliphatic rings. The third kappa shape index (κ3) is 7.84. The third-order valence-electron chi connectivity index (χ3n) is 6.08. The summed E-state index contributed by atoms with van der Waals surface area (Å²) in [6, 6.07) is 6.69. The molecule has 0 radical (unpaired) electrons. The van der Waals surface area contributed by atoms with Gasteiger partial charge >= 0.3 is 0 Å². The van der Waals surface area contributed by atoms with Gasteiger partial charge in [0.2, 0.25) is 0 Å². The van der Waals surface area contributed by atoms with Gasteiger partial charge in [-0.25, -0.2) is 0 Å². The molecule has 172 valence electrons. The van der Waals surface area contributed by atoms with Crippen LogP contribution < -0.4 is 5.73 Å². The number of aliphatic imine (C=N–C) groups is 1. The van der Waals surface area contributed by atoms with Crippen LogP contribution in [0.2, 0.25) is 0 Å². The lowest BCUT2D eigenvalue weighted by Gasteiger charge is -2.15. The number of nitrogens with two attached hydrogens (primary N) is 1. The molecular formula is C29H41N2P. The molecule has 0 saturated heterocycles. The second kappa shape index (κ2) is 13.5. The Morgan fingerprint density at radius 2 is 2.03 bits per heavy atom. The van der Waals surface area contributed by atoms with Gasteiger partial charge in [-0.15, -0.1) is 8.86 Å². The maximum Gasteiger partial charge on any atom is 0.0736 e. The highest BCUT2D eigenvalue weighted by atomic mass is 31.0. The van der Waals surface area contributed by atoms with E-state index in [2.05, 4.69) is 66.6 Å². The van der Waals surface area contributed by atoms with Crippen LogP contribution in [-0.2, 0) is 0 Å². The summed E-state index contributed by atoms with van der Waals surface area (Å²) in [5.41, 5.74) is 14.2. The first-order chi connectivity index (χ1) is 15.5. The Balaban J connectivity index is 2.52. The van der Waals surface area contributed by atoms with Gasteiger partial charge in [-0.2, -0.15) is 0 Å². The molecule has 1 unspecified atom stereocenters. The highest BCUT2D eigenvalue weighted by Crippen LogP contribution is 2.44.